The molecule has 1 aromatic heterocycles. The van der Waals surface area contributed by atoms with E-state index in [1.807, 2.05) is 35.0 Å². The van der Waals surface area contributed by atoms with E-state index in [2.05, 4.69) is 0 Å². The Labute approximate surface area is 165 Å². The summed E-state index contributed by atoms with van der Waals surface area (Å²) in [6, 6.07) is 17.7. The maximum absolute atomic E-state index is 13.9. The van der Waals surface area contributed by atoms with Gasteiger partial charge in [0.15, 0.2) is 0 Å². The van der Waals surface area contributed by atoms with Crippen LogP contribution >= 0.6 is 0 Å². The second kappa shape index (κ2) is 7.75. The average molecular weight is 393 g/mol. The Morgan fingerprint density at radius 1 is 0.966 bits per heavy atom. The second-order valence-electron chi connectivity index (χ2n) is 6.62. The minimum atomic E-state index is -0.974. The van der Waals surface area contributed by atoms with Crippen molar-refractivity contribution in [1.29, 1.82) is 0 Å². The van der Waals surface area contributed by atoms with Crippen molar-refractivity contribution in [3.63, 3.8) is 0 Å². The molecular formula is C23H17F2NO3. The molecular weight excluding hydrogens is 376 g/mol. The molecule has 0 fully saturated rings. The maximum atomic E-state index is 13.9. The Bertz CT molecular complexity index is 1200. The van der Waals surface area contributed by atoms with Crippen molar-refractivity contribution in [1.82, 2.24) is 4.57 Å². The molecule has 0 saturated heterocycles. The molecule has 0 aliphatic rings. The largest absolute Gasteiger partial charge is 0.488 e. The van der Waals surface area contributed by atoms with Gasteiger partial charge in [0.1, 0.15) is 24.0 Å². The van der Waals surface area contributed by atoms with Crippen LogP contribution in [0, 0.1) is 11.6 Å². The van der Waals surface area contributed by atoms with Gasteiger partial charge in [-0.3, -0.25) is 0 Å². The van der Waals surface area contributed by atoms with Gasteiger partial charge in [0.25, 0.3) is 0 Å². The third-order valence-corrected chi connectivity index (χ3v) is 4.76. The molecule has 4 aromatic rings. The first-order chi connectivity index (χ1) is 14.0. The van der Waals surface area contributed by atoms with Gasteiger partial charge in [-0.1, -0.05) is 24.3 Å². The van der Waals surface area contributed by atoms with Gasteiger partial charge in [0, 0.05) is 34.3 Å². The number of carboxylic acids is 1. The van der Waals surface area contributed by atoms with Crippen molar-refractivity contribution >= 4 is 16.9 Å². The zero-order valence-electron chi connectivity index (χ0n) is 15.3. The van der Waals surface area contributed by atoms with Gasteiger partial charge in [-0.15, -0.1) is 0 Å². The number of carbonyl (C=O) groups is 1. The third-order valence-electron chi connectivity index (χ3n) is 4.76. The molecule has 0 unspecified atom stereocenters. The van der Waals surface area contributed by atoms with Crippen LogP contribution in [0.2, 0.25) is 0 Å². The number of rotatable bonds is 6. The number of benzene rings is 3. The topological polar surface area (TPSA) is 51.5 Å². The quantitative estimate of drug-likeness (QED) is 0.487. The highest BCUT2D eigenvalue weighted by molar-refractivity contribution is 6.03. The standard InChI is InChI=1S/C23H17F2NO3/c24-17-9-8-16(20(25)12-17)14-29-22-7-2-1-4-15(22)13-26-11-10-18-19(23(27)28)5-3-6-21(18)26/h1-12H,13-14H2,(H,27,28). The fourth-order valence-electron chi connectivity index (χ4n) is 3.30. The monoisotopic (exact) mass is 393 g/mol. The van der Waals surface area contributed by atoms with Crippen LogP contribution in [-0.4, -0.2) is 15.6 Å². The number of nitrogens with zero attached hydrogens (tertiary/aromatic N) is 1. The third kappa shape index (κ3) is 3.82. The molecule has 0 spiro atoms. The van der Waals surface area contributed by atoms with Crippen LogP contribution in [0.5, 0.6) is 5.75 Å². The smallest absolute Gasteiger partial charge is 0.336 e. The molecule has 1 heterocycles. The summed E-state index contributed by atoms with van der Waals surface area (Å²) in [7, 11) is 0. The normalized spacial score (nSPS) is 11.0. The van der Waals surface area contributed by atoms with E-state index in [1.54, 1.807) is 24.3 Å². The van der Waals surface area contributed by atoms with Gasteiger partial charge in [-0.05, 0) is 36.4 Å². The minimum Gasteiger partial charge on any atom is -0.488 e. The van der Waals surface area contributed by atoms with Crippen LogP contribution in [-0.2, 0) is 13.2 Å². The van der Waals surface area contributed by atoms with Crippen LogP contribution in [0.1, 0.15) is 21.5 Å². The number of fused-ring (bicyclic) bond motifs is 1. The van der Waals surface area contributed by atoms with E-state index in [4.69, 9.17) is 4.74 Å². The van der Waals surface area contributed by atoms with Crippen molar-refractivity contribution in [3.8, 4) is 5.75 Å². The lowest BCUT2D eigenvalue weighted by atomic mass is 10.1. The maximum Gasteiger partial charge on any atom is 0.336 e. The predicted molar refractivity (Wildman–Crippen MR) is 105 cm³/mol. The highest BCUT2D eigenvalue weighted by atomic mass is 19.1. The summed E-state index contributed by atoms with van der Waals surface area (Å²) in [5, 5.41) is 10.0. The lowest BCUT2D eigenvalue weighted by Gasteiger charge is -2.13. The van der Waals surface area contributed by atoms with Gasteiger partial charge in [-0.2, -0.15) is 0 Å². The van der Waals surface area contributed by atoms with Crippen LogP contribution < -0.4 is 4.74 Å². The Balaban J connectivity index is 1.60. The first-order valence-corrected chi connectivity index (χ1v) is 8.99. The second-order valence-corrected chi connectivity index (χ2v) is 6.62. The van der Waals surface area contributed by atoms with Crippen LogP contribution in [0.25, 0.3) is 10.9 Å². The molecule has 29 heavy (non-hydrogen) atoms. The molecule has 0 atom stereocenters. The lowest BCUT2D eigenvalue weighted by Crippen LogP contribution is -2.04. The average Bonchev–Trinajstić information content (AvgIpc) is 3.11. The molecule has 0 aliphatic carbocycles. The number of aromatic carboxylic acids is 1. The van der Waals surface area contributed by atoms with Crippen LogP contribution in [0.15, 0.2) is 72.9 Å². The molecule has 146 valence electrons. The number of hydrogen-bond donors (Lipinski definition) is 1. The number of aromatic nitrogens is 1. The van der Waals surface area contributed by atoms with E-state index >= 15 is 0 Å². The molecule has 1 N–H and O–H groups in total. The van der Waals surface area contributed by atoms with Crippen LogP contribution in [0.3, 0.4) is 0 Å². The first kappa shape index (κ1) is 18.7. The number of hydrogen-bond acceptors (Lipinski definition) is 2. The van der Waals surface area contributed by atoms with Gasteiger partial charge in [0.2, 0.25) is 0 Å². The zero-order chi connectivity index (χ0) is 20.4. The Morgan fingerprint density at radius 2 is 1.79 bits per heavy atom. The molecule has 6 heteroatoms. The summed E-state index contributed by atoms with van der Waals surface area (Å²) in [4.78, 5) is 11.4. The van der Waals surface area contributed by atoms with Crippen molar-refractivity contribution in [2.24, 2.45) is 0 Å². The minimum absolute atomic E-state index is 0.0291. The summed E-state index contributed by atoms with van der Waals surface area (Å²) in [5.74, 6) is -1.68. The van der Waals surface area contributed by atoms with E-state index in [0.29, 0.717) is 17.7 Å². The summed E-state index contributed by atoms with van der Waals surface area (Å²) >= 11 is 0. The lowest BCUT2D eigenvalue weighted by molar-refractivity contribution is 0.0699. The van der Waals surface area contributed by atoms with Crippen molar-refractivity contribution < 1.29 is 23.4 Å². The van der Waals surface area contributed by atoms with Crippen molar-refractivity contribution in [3.05, 3.63) is 101 Å². The SMILES string of the molecule is O=C(O)c1cccc2c1ccn2Cc1ccccc1OCc1ccc(F)cc1F. The van der Waals surface area contributed by atoms with Gasteiger partial charge >= 0.3 is 5.97 Å². The fraction of sp³-hybridized carbons (Fsp3) is 0.0870. The molecule has 0 aliphatic heterocycles. The zero-order valence-corrected chi connectivity index (χ0v) is 15.3. The van der Waals surface area contributed by atoms with Gasteiger partial charge < -0.3 is 14.4 Å². The fourth-order valence-corrected chi connectivity index (χ4v) is 3.30. The van der Waals surface area contributed by atoms with Gasteiger partial charge in [0.05, 0.1) is 12.1 Å². The Hall–Kier alpha value is -3.67. The molecule has 4 rings (SSSR count). The van der Waals surface area contributed by atoms with E-state index in [1.165, 1.54) is 12.1 Å². The molecule has 0 bridgehead atoms. The molecule has 0 amide bonds. The summed E-state index contributed by atoms with van der Waals surface area (Å²) in [6.45, 7) is 0.424. The highest BCUT2D eigenvalue weighted by Gasteiger charge is 2.13. The first-order valence-electron chi connectivity index (χ1n) is 8.99. The number of carboxylic acid groups (broad SMARTS) is 1. The van der Waals surface area contributed by atoms with Crippen LogP contribution in [0.4, 0.5) is 8.78 Å². The van der Waals surface area contributed by atoms with E-state index < -0.39 is 17.6 Å². The number of ether oxygens (including phenoxy) is 1. The predicted octanol–water partition coefficient (Wildman–Crippen LogP) is 5.25. The Kier molecular flexibility index (Phi) is 4.99. The van der Waals surface area contributed by atoms with Gasteiger partial charge in [-0.25, -0.2) is 13.6 Å². The number of halogens is 2. The van der Waals surface area contributed by atoms with E-state index in [0.717, 1.165) is 17.1 Å². The summed E-state index contributed by atoms with van der Waals surface area (Å²) in [5.41, 5.74) is 2.16. The Morgan fingerprint density at radius 3 is 2.59 bits per heavy atom. The molecule has 0 radical (unpaired) electrons. The summed E-state index contributed by atoms with van der Waals surface area (Å²) in [6.07, 6.45) is 1.83. The summed E-state index contributed by atoms with van der Waals surface area (Å²) < 4.78 is 34.7. The molecule has 3 aromatic carbocycles. The molecule has 4 nitrogen and oxygen atoms in total. The van der Waals surface area contributed by atoms with Crippen molar-refractivity contribution in [2.75, 3.05) is 0 Å². The number of para-hydroxylation sites is 1. The highest BCUT2D eigenvalue weighted by Crippen LogP contribution is 2.25. The van der Waals surface area contributed by atoms with E-state index in [9.17, 15) is 18.7 Å². The van der Waals surface area contributed by atoms with Crippen molar-refractivity contribution in [2.45, 2.75) is 13.2 Å². The van der Waals surface area contributed by atoms with E-state index in [-0.39, 0.29) is 17.7 Å². The molecule has 0 saturated carbocycles.